The lowest BCUT2D eigenvalue weighted by Gasteiger charge is -1.98. The lowest BCUT2D eigenvalue weighted by Crippen LogP contribution is -2.12. The van der Waals surface area contributed by atoms with Crippen molar-refractivity contribution in [3.8, 4) is 0 Å². The molecule has 5 heteroatoms. The average Bonchev–Trinajstić information content (AvgIpc) is 2.76. The van der Waals surface area contributed by atoms with Crippen LogP contribution in [0.3, 0.4) is 0 Å². The van der Waals surface area contributed by atoms with Crippen molar-refractivity contribution in [1.29, 1.82) is 0 Å². The van der Waals surface area contributed by atoms with Gasteiger partial charge in [-0.05, 0) is 35.0 Å². The van der Waals surface area contributed by atoms with E-state index in [1.807, 2.05) is 19.1 Å². The Hall–Kier alpha value is -1.07. The van der Waals surface area contributed by atoms with E-state index < -0.39 is 0 Å². The zero-order chi connectivity index (χ0) is 10.7. The summed E-state index contributed by atoms with van der Waals surface area (Å²) in [4.78, 5) is 4.08. The smallest absolute Gasteiger partial charge is 0.208 e. The number of nitrogens with zero attached hydrogens (tertiary/aromatic N) is 1. The summed E-state index contributed by atoms with van der Waals surface area (Å²) in [5.41, 5.74) is 0. The van der Waals surface area contributed by atoms with Crippen molar-refractivity contribution < 1.29 is 8.83 Å². The Morgan fingerprint density at radius 2 is 2.20 bits per heavy atom. The summed E-state index contributed by atoms with van der Waals surface area (Å²) in [7, 11) is 0. The molecule has 0 saturated carbocycles. The van der Waals surface area contributed by atoms with Crippen LogP contribution in [0.25, 0.3) is 0 Å². The van der Waals surface area contributed by atoms with Crippen molar-refractivity contribution >= 4 is 15.9 Å². The van der Waals surface area contributed by atoms with Gasteiger partial charge >= 0.3 is 0 Å². The number of aromatic nitrogens is 1. The van der Waals surface area contributed by atoms with Crippen molar-refractivity contribution in [2.75, 3.05) is 0 Å². The minimum absolute atomic E-state index is 0.603. The summed E-state index contributed by atoms with van der Waals surface area (Å²) >= 11 is 3.25. The SMILES string of the molecule is Cc1cnc(CNCc2ccc(Br)o2)o1. The van der Waals surface area contributed by atoms with E-state index >= 15 is 0 Å². The Morgan fingerprint density at radius 1 is 1.33 bits per heavy atom. The molecule has 0 amide bonds. The third-order valence-corrected chi connectivity index (χ3v) is 2.30. The highest BCUT2D eigenvalue weighted by Crippen LogP contribution is 2.13. The van der Waals surface area contributed by atoms with Crippen LogP contribution in [-0.2, 0) is 13.1 Å². The second-order valence-electron chi connectivity index (χ2n) is 3.17. The fraction of sp³-hybridized carbons (Fsp3) is 0.300. The number of hydrogen-bond donors (Lipinski definition) is 1. The van der Waals surface area contributed by atoms with Gasteiger partial charge in [0.1, 0.15) is 11.5 Å². The Morgan fingerprint density at radius 3 is 2.80 bits per heavy atom. The zero-order valence-corrected chi connectivity index (χ0v) is 9.87. The molecule has 0 atom stereocenters. The molecule has 0 fully saturated rings. The molecule has 80 valence electrons. The number of nitrogens with one attached hydrogen (secondary N) is 1. The summed E-state index contributed by atoms with van der Waals surface area (Å²) in [6.45, 7) is 3.14. The van der Waals surface area contributed by atoms with Gasteiger partial charge in [-0.3, -0.25) is 0 Å². The first-order valence-corrected chi connectivity index (χ1v) is 5.39. The van der Waals surface area contributed by atoms with Crippen LogP contribution in [0.4, 0.5) is 0 Å². The quantitative estimate of drug-likeness (QED) is 0.928. The van der Waals surface area contributed by atoms with Crippen LogP contribution in [0.2, 0.25) is 0 Å². The lowest BCUT2D eigenvalue weighted by atomic mass is 10.4. The maximum absolute atomic E-state index is 5.33. The first kappa shape index (κ1) is 10.4. The highest BCUT2D eigenvalue weighted by Gasteiger charge is 2.02. The fourth-order valence-corrected chi connectivity index (χ4v) is 1.56. The van der Waals surface area contributed by atoms with Gasteiger partial charge in [0, 0.05) is 0 Å². The van der Waals surface area contributed by atoms with Gasteiger partial charge in [0.2, 0.25) is 5.89 Å². The highest BCUT2D eigenvalue weighted by molar-refractivity contribution is 9.10. The molecule has 0 aliphatic rings. The first-order valence-electron chi connectivity index (χ1n) is 4.60. The van der Waals surface area contributed by atoms with Crippen LogP contribution in [0.5, 0.6) is 0 Å². The molecule has 2 heterocycles. The number of aryl methyl sites for hydroxylation is 1. The number of hydrogen-bond acceptors (Lipinski definition) is 4. The zero-order valence-electron chi connectivity index (χ0n) is 8.29. The molecule has 2 aromatic rings. The monoisotopic (exact) mass is 270 g/mol. The topological polar surface area (TPSA) is 51.2 Å². The Labute approximate surface area is 95.8 Å². The number of furan rings is 1. The molecule has 0 aliphatic heterocycles. The molecule has 0 bridgehead atoms. The second-order valence-corrected chi connectivity index (χ2v) is 3.96. The normalized spacial score (nSPS) is 10.8. The Balaban J connectivity index is 1.80. The summed E-state index contributed by atoms with van der Waals surface area (Å²) in [6.07, 6.45) is 1.71. The molecular weight excluding hydrogens is 260 g/mol. The van der Waals surface area contributed by atoms with Crippen molar-refractivity contribution in [2.45, 2.75) is 20.0 Å². The van der Waals surface area contributed by atoms with E-state index in [0.29, 0.717) is 19.0 Å². The van der Waals surface area contributed by atoms with E-state index in [1.54, 1.807) is 6.20 Å². The maximum atomic E-state index is 5.33. The summed E-state index contributed by atoms with van der Waals surface area (Å²) in [6, 6.07) is 3.78. The molecule has 0 saturated heterocycles. The van der Waals surface area contributed by atoms with Gasteiger partial charge in [-0.25, -0.2) is 4.98 Å². The predicted molar refractivity (Wildman–Crippen MR) is 58.2 cm³/mol. The van der Waals surface area contributed by atoms with Gasteiger partial charge in [-0.15, -0.1) is 0 Å². The van der Waals surface area contributed by atoms with Crippen LogP contribution in [0.15, 0.2) is 31.8 Å². The molecule has 2 aromatic heterocycles. The first-order chi connectivity index (χ1) is 7.24. The lowest BCUT2D eigenvalue weighted by molar-refractivity contribution is 0.426. The van der Waals surface area contributed by atoms with Crippen molar-refractivity contribution in [3.05, 3.63) is 40.4 Å². The fourth-order valence-electron chi connectivity index (χ4n) is 1.22. The number of halogens is 1. The average molecular weight is 271 g/mol. The number of rotatable bonds is 4. The summed E-state index contributed by atoms with van der Waals surface area (Å²) < 4.78 is 11.4. The molecule has 0 aliphatic carbocycles. The molecule has 0 unspecified atom stereocenters. The molecule has 1 N–H and O–H groups in total. The largest absolute Gasteiger partial charge is 0.453 e. The van der Waals surface area contributed by atoms with Crippen LogP contribution in [0, 0.1) is 6.92 Å². The van der Waals surface area contributed by atoms with Crippen LogP contribution < -0.4 is 5.32 Å². The molecule has 0 aromatic carbocycles. The van der Waals surface area contributed by atoms with Gasteiger partial charge in [0.15, 0.2) is 4.67 Å². The highest BCUT2D eigenvalue weighted by atomic mass is 79.9. The van der Waals surface area contributed by atoms with Crippen LogP contribution in [0.1, 0.15) is 17.4 Å². The Bertz CT molecular complexity index is 396. The second kappa shape index (κ2) is 4.63. The minimum atomic E-state index is 0.603. The Kier molecular flexibility index (Phi) is 3.23. The van der Waals surface area contributed by atoms with E-state index in [-0.39, 0.29) is 0 Å². The molecule has 0 spiro atoms. The van der Waals surface area contributed by atoms with Gasteiger partial charge < -0.3 is 14.2 Å². The van der Waals surface area contributed by atoms with Gasteiger partial charge in [0.05, 0.1) is 19.3 Å². The van der Waals surface area contributed by atoms with Crippen LogP contribution >= 0.6 is 15.9 Å². The minimum Gasteiger partial charge on any atom is -0.453 e. The van der Waals surface area contributed by atoms with Crippen molar-refractivity contribution in [2.24, 2.45) is 0 Å². The molecular formula is C10H11BrN2O2. The van der Waals surface area contributed by atoms with Gasteiger partial charge in [-0.1, -0.05) is 0 Å². The van der Waals surface area contributed by atoms with Gasteiger partial charge in [0.25, 0.3) is 0 Å². The van der Waals surface area contributed by atoms with Gasteiger partial charge in [-0.2, -0.15) is 0 Å². The standard InChI is InChI=1S/C10H11BrN2O2/c1-7-4-13-10(14-7)6-12-5-8-2-3-9(11)15-8/h2-4,12H,5-6H2,1H3. The molecule has 2 rings (SSSR count). The summed E-state index contributed by atoms with van der Waals surface area (Å²) in [5, 5.41) is 3.17. The summed E-state index contributed by atoms with van der Waals surface area (Å²) in [5.74, 6) is 2.40. The number of oxazole rings is 1. The van der Waals surface area contributed by atoms with E-state index in [9.17, 15) is 0 Å². The van der Waals surface area contributed by atoms with E-state index in [4.69, 9.17) is 8.83 Å². The predicted octanol–water partition coefficient (Wildman–Crippen LogP) is 2.63. The van der Waals surface area contributed by atoms with E-state index in [0.717, 1.165) is 16.2 Å². The van der Waals surface area contributed by atoms with Crippen molar-refractivity contribution in [3.63, 3.8) is 0 Å². The maximum Gasteiger partial charge on any atom is 0.208 e. The third-order valence-electron chi connectivity index (χ3n) is 1.87. The molecule has 0 radical (unpaired) electrons. The molecule has 4 nitrogen and oxygen atoms in total. The van der Waals surface area contributed by atoms with Crippen LogP contribution in [-0.4, -0.2) is 4.98 Å². The molecule has 15 heavy (non-hydrogen) atoms. The third kappa shape index (κ3) is 2.94. The van der Waals surface area contributed by atoms with Crippen molar-refractivity contribution in [1.82, 2.24) is 10.3 Å². The van der Waals surface area contributed by atoms with E-state index in [2.05, 4.69) is 26.2 Å². The van der Waals surface area contributed by atoms with E-state index in [1.165, 1.54) is 0 Å².